The standard InChI is InChI=1S/C63H70N3O.Pt/c1-39-29-41(43-31-47(60(5,6)7)36-48(32-43)61(8,9)10)25-26-54(39)66-55-24-20-23-50(56(55)65-58(66)51-37-49(62(11,12)13)38-52(57(51)67)63(14,15)16)44-30-45(34-46(33-44)59(2,3)4)53-35-42(27-28-64-53)40-21-18-17-19-22-40;/h17-29,31-38,67H,1-16H3;/q-1;/i1D3,17D,18D,19D,21D,22D;. The summed E-state index contributed by atoms with van der Waals surface area (Å²) < 4.78 is 71.8. The van der Waals surface area contributed by atoms with Gasteiger partial charge in [0.1, 0.15) is 11.6 Å². The molecular formula is C63H70N3OPt-. The Morgan fingerprint density at radius 3 is 1.75 bits per heavy atom. The molecule has 8 aromatic rings. The van der Waals surface area contributed by atoms with Crippen LogP contribution in [0.1, 0.15) is 148 Å². The Kier molecular flexibility index (Phi) is 10.7. The number of hydrogen-bond donors (Lipinski definition) is 1. The van der Waals surface area contributed by atoms with E-state index in [4.69, 9.17) is 16.8 Å². The van der Waals surface area contributed by atoms with Gasteiger partial charge in [-0.3, -0.25) is 9.55 Å². The van der Waals surface area contributed by atoms with Gasteiger partial charge in [-0.15, -0.1) is 29.3 Å². The van der Waals surface area contributed by atoms with E-state index in [1.54, 1.807) is 24.4 Å². The molecule has 2 aromatic heterocycles. The topological polar surface area (TPSA) is 50.9 Å². The third kappa shape index (κ3) is 10.1. The van der Waals surface area contributed by atoms with Crippen molar-refractivity contribution in [2.24, 2.45) is 0 Å². The predicted octanol–water partition coefficient (Wildman–Crippen LogP) is 17.1. The molecule has 354 valence electrons. The molecule has 0 saturated heterocycles. The van der Waals surface area contributed by atoms with Crippen molar-refractivity contribution in [2.75, 3.05) is 0 Å². The molecule has 0 aliphatic rings. The Morgan fingerprint density at radius 1 is 0.559 bits per heavy atom. The molecule has 0 aliphatic heterocycles. The minimum atomic E-state index is -2.59. The van der Waals surface area contributed by atoms with Crippen LogP contribution >= 0.6 is 0 Å². The molecule has 0 fully saturated rings. The Morgan fingerprint density at radius 2 is 1.15 bits per heavy atom. The van der Waals surface area contributed by atoms with Gasteiger partial charge in [-0.1, -0.05) is 194 Å². The number of benzene rings is 6. The molecule has 6 aromatic carbocycles. The first-order valence-corrected chi connectivity index (χ1v) is 23.3. The van der Waals surface area contributed by atoms with E-state index >= 15 is 0 Å². The van der Waals surface area contributed by atoms with E-state index in [9.17, 15) is 9.22 Å². The molecule has 5 heteroatoms. The zero-order valence-corrected chi connectivity index (χ0v) is 44.6. The molecule has 0 spiro atoms. The van der Waals surface area contributed by atoms with Crippen LogP contribution in [0.5, 0.6) is 5.75 Å². The number of phenols is 1. The van der Waals surface area contributed by atoms with Crippen LogP contribution in [0.15, 0.2) is 127 Å². The molecule has 1 N–H and O–H groups in total. The summed E-state index contributed by atoms with van der Waals surface area (Å²) in [6, 6.07) is 31.3. The Bertz CT molecular complexity index is 3520. The van der Waals surface area contributed by atoms with E-state index < -0.39 is 30.4 Å². The average Bonchev–Trinajstić information content (AvgIpc) is 3.70. The summed E-state index contributed by atoms with van der Waals surface area (Å²) in [6.45, 7) is 29.5. The van der Waals surface area contributed by atoms with Gasteiger partial charge in [0.25, 0.3) is 0 Å². The molecule has 68 heavy (non-hydrogen) atoms. The summed E-state index contributed by atoms with van der Waals surface area (Å²) in [4.78, 5) is 10.3. The normalized spacial score (nSPS) is 14.5. The number of aromatic hydroxyl groups is 1. The zero-order valence-electron chi connectivity index (χ0n) is 50.3. The fourth-order valence-corrected chi connectivity index (χ4v) is 8.54. The number of pyridine rings is 1. The number of imidazole rings is 1. The summed E-state index contributed by atoms with van der Waals surface area (Å²) >= 11 is 0. The van der Waals surface area contributed by atoms with Crippen molar-refractivity contribution in [3.63, 3.8) is 0 Å². The maximum absolute atomic E-state index is 12.6. The number of hydrogen-bond acceptors (Lipinski definition) is 3. The van der Waals surface area contributed by atoms with Gasteiger partial charge in [0, 0.05) is 42.6 Å². The molecule has 0 bridgehead atoms. The SMILES string of the molecule is [2H]c1c([2H])c([2H])c(-c2ccnc(-c3[c-]c(-c4cccc5c4nc(-c4cc(C(C)(C)C)cc(C(C)(C)C)c4O)n5-c4ccc(-c5cc(C(C)(C)C)cc(C(C)(C)C)c5)cc4C([2H])([2H])[2H])cc(C(C)(C)C)c3)c2)c([2H])c1[2H].[Pt]. The molecule has 0 radical (unpaired) electrons. The summed E-state index contributed by atoms with van der Waals surface area (Å²) in [7, 11) is 0. The smallest absolute Gasteiger partial charge is 0.148 e. The van der Waals surface area contributed by atoms with Crippen LogP contribution in [0.2, 0.25) is 0 Å². The van der Waals surface area contributed by atoms with E-state index in [1.165, 1.54) is 0 Å². The number of rotatable bonds is 6. The fraction of sp³-hybridized carbons (Fsp3) is 0.333. The molecule has 0 atom stereocenters. The number of phenolic OH excluding ortho intramolecular Hbond substituents is 1. The largest absolute Gasteiger partial charge is 0.507 e. The van der Waals surface area contributed by atoms with Gasteiger partial charge in [-0.25, -0.2) is 4.98 Å². The fourth-order valence-electron chi connectivity index (χ4n) is 8.54. The monoisotopic (exact) mass is 1090 g/mol. The second-order valence-corrected chi connectivity index (χ2v) is 23.3. The second-order valence-electron chi connectivity index (χ2n) is 23.3. The molecule has 0 unspecified atom stereocenters. The van der Waals surface area contributed by atoms with Crippen molar-refractivity contribution in [3.05, 3.63) is 167 Å². The van der Waals surface area contributed by atoms with Crippen LogP contribution in [0, 0.1) is 12.9 Å². The van der Waals surface area contributed by atoms with E-state index in [0.29, 0.717) is 56.1 Å². The maximum Gasteiger partial charge on any atom is 0.148 e. The second kappa shape index (κ2) is 18.1. The van der Waals surface area contributed by atoms with Gasteiger partial charge in [0.15, 0.2) is 0 Å². The first-order chi connectivity index (χ1) is 34.5. The first kappa shape index (κ1) is 40.3. The number of nitrogens with zero attached hydrogens (tertiary/aromatic N) is 3. The average molecular weight is 1090 g/mol. The number of aryl methyl sites for hydroxylation is 1. The van der Waals surface area contributed by atoms with Crippen LogP contribution in [-0.4, -0.2) is 19.6 Å². The van der Waals surface area contributed by atoms with Crippen LogP contribution in [0.25, 0.3) is 72.7 Å². The molecule has 4 nitrogen and oxygen atoms in total. The molecule has 0 saturated carbocycles. The first-order valence-electron chi connectivity index (χ1n) is 27.3. The van der Waals surface area contributed by atoms with Crippen LogP contribution in [-0.2, 0) is 48.1 Å². The van der Waals surface area contributed by atoms with Gasteiger partial charge in [-0.2, -0.15) is 0 Å². The quantitative estimate of drug-likeness (QED) is 0.169. The van der Waals surface area contributed by atoms with E-state index in [-0.39, 0.29) is 71.7 Å². The van der Waals surface area contributed by atoms with Gasteiger partial charge in [0.05, 0.1) is 29.1 Å². The third-order valence-corrected chi connectivity index (χ3v) is 12.8. The van der Waals surface area contributed by atoms with E-state index in [2.05, 4.69) is 140 Å². The molecule has 8 rings (SSSR count). The third-order valence-electron chi connectivity index (χ3n) is 12.8. The summed E-state index contributed by atoms with van der Waals surface area (Å²) in [5.74, 6) is 0.428. The van der Waals surface area contributed by atoms with Crippen molar-refractivity contribution in [2.45, 2.75) is 138 Å². The van der Waals surface area contributed by atoms with Gasteiger partial charge >= 0.3 is 0 Å². The number of para-hydroxylation sites is 1. The van der Waals surface area contributed by atoms with Crippen molar-refractivity contribution in [1.82, 2.24) is 14.5 Å². The number of aromatic nitrogens is 3. The summed E-state index contributed by atoms with van der Waals surface area (Å²) in [5.41, 5.74) is 10.2. The maximum atomic E-state index is 12.6. The Balaban J connectivity index is 0.00000840. The van der Waals surface area contributed by atoms with Gasteiger partial charge in [0.2, 0.25) is 0 Å². The van der Waals surface area contributed by atoms with Crippen molar-refractivity contribution < 1.29 is 37.1 Å². The number of fused-ring (bicyclic) bond motifs is 1. The van der Waals surface area contributed by atoms with Crippen LogP contribution in [0.4, 0.5) is 0 Å². The van der Waals surface area contributed by atoms with Crippen molar-refractivity contribution in [1.29, 1.82) is 0 Å². The van der Waals surface area contributed by atoms with E-state index in [0.717, 1.165) is 38.9 Å². The van der Waals surface area contributed by atoms with Gasteiger partial charge < -0.3 is 5.11 Å². The van der Waals surface area contributed by atoms with Crippen LogP contribution in [0.3, 0.4) is 0 Å². The zero-order chi connectivity index (χ0) is 55.4. The van der Waals surface area contributed by atoms with Crippen LogP contribution < -0.4 is 0 Å². The van der Waals surface area contributed by atoms with Crippen molar-refractivity contribution in [3.8, 4) is 67.5 Å². The summed E-state index contributed by atoms with van der Waals surface area (Å²) in [6.07, 6.45) is 1.57. The van der Waals surface area contributed by atoms with E-state index in [1.807, 2.05) is 47.0 Å². The minimum Gasteiger partial charge on any atom is -0.507 e. The molecule has 0 amide bonds. The molecule has 2 heterocycles. The summed E-state index contributed by atoms with van der Waals surface area (Å²) in [5, 5.41) is 12.6. The Hall–Kier alpha value is -5.57. The Labute approximate surface area is 432 Å². The molecular weight excluding hydrogens is 1010 g/mol. The minimum absolute atomic E-state index is 0. The van der Waals surface area contributed by atoms with Crippen molar-refractivity contribution >= 4 is 11.0 Å². The molecule has 0 aliphatic carbocycles. The van der Waals surface area contributed by atoms with Gasteiger partial charge in [-0.05, 0) is 109 Å². The predicted molar refractivity (Wildman–Crippen MR) is 285 cm³/mol.